The van der Waals surface area contributed by atoms with E-state index < -0.39 is 83.1 Å². The van der Waals surface area contributed by atoms with Crippen molar-refractivity contribution in [2.75, 3.05) is 52.8 Å². The van der Waals surface area contributed by atoms with Crippen molar-refractivity contribution < 1.29 is 78.9 Å². The van der Waals surface area contributed by atoms with E-state index in [4.69, 9.17) is 42.6 Å². The third kappa shape index (κ3) is 15.8. The number of hydrogen-bond acceptors (Lipinski definition) is 16. The number of nitrogens with one attached hydrogen (secondary N) is 1. The van der Waals surface area contributed by atoms with E-state index in [9.17, 15) is 36.3 Å². The molecular formula is C31H44FNO16S. The Labute approximate surface area is 289 Å². The summed E-state index contributed by atoms with van der Waals surface area (Å²) < 4.78 is 85.5. The maximum absolute atomic E-state index is 13.6. The number of ether oxygens (including phenoxy) is 9. The predicted octanol–water partition coefficient (Wildman–Crippen LogP) is 1.14. The highest BCUT2D eigenvalue weighted by molar-refractivity contribution is 7.85. The minimum Gasteiger partial charge on any atom is -0.463 e. The fourth-order valence-corrected chi connectivity index (χ4v) is 5.15. The number of amides is 1. The lowest BCUT2D eigenvalue weighted by molar-refractivity contribution is -0.288. The van der Waals surface area contributed by atoms with Gasteiger partial charge in [-0.25, -0.2) is 0 Å². The molecule has 1 heterocycles. The minimum atomic E-state index is -5.00. The van der Waals surface area contributed by atoms with Gasteiger partial charge in [-0.2, -0.15) is 8.42 Å². The second-order valence-electron chi connectivity index (χ2n) is 10.8. The van der Waals surface area contributed by atoms with Crippen molar-refractivity contribution in [2.45, 2.75) is 77.5 Å². The second-order valence-corrected chi connectivity index (χ2v) is 12.2. The molecule has 282 valence electrons. The smallest absolute Gasteiger partial charge is 0.306 e. The molecule has 1 aliphatic rings. The van der Waals surface area contributed by atoms with Crippen molar-refractivity contribution >= 4 is 40.0 Å². The normalized spacial score (nSPS) is 20.3. The SMILES string of the molecule is CCCOCCOCCOCCNC(=O)c1cc(CS(=O)(=O)F)ccc1O[C@@H]1O[C@H](COC(C)=O)[C@H](OC(C)=O)[C@H](OC(C)=O)[C@H]1OC(C)=O. The molecule has 2 rings (SSSR count). The largest absolute Gasteiger partial charge is 0.463 e. The van der Waals surface area contributed by atoms with Crippen LogP contribution in [0.25, 0.3) is 0 Å². The molecule has 0 spiro atoms. The van der Waals surface area contributed by atoms with Gasteiger partial charge >= 0.3 is 34.1 Å². The Morgan fingerprint density at radius 3 is 1.90 bits per heavy atom. The first kappa shape index (κ1) is 42.3. The third-order valence-electron chi connectivity index (χ3n) is 6.44. The van der Waals surface area contributed by atoms with Crippen LogP contribution in [0.1, 0.15) is 57.0 Å². The highest BCUT2D eigenvalue weighted by Crippen LogP contribution is 2.32. The lowest BCUT2D eigenvalue weighted by atomic mass is 9.98. The van der Waals surface area contributed by atoms with Gasteiger partial charge in [-0.3, -0.25) is 24.0 Å². The lowest BCUT2D eigenvalue weighted by Gasteiger charge is -2.44. The summed E-state index contributed by atoms with van der Waals surface area (Å²) in [6.07, 6.45) is -6.78. The summed E-state index contributed by atoms with van der Waals surface area (Å²) >= 11 is 0. The minimum absolute atomic E-state index is 0.0113. The number of halogens is 1. The second kappa shape index (κ2) is 21.3. The molecule has 0 aromatic heterocycles. The molecule has 19 heteroatoms. The molecule has 0 unspecified atom stereocenters. The molecule has 1 aromatic rings. The third-order valence-corrected chi connectivity index (χ3v) is 7.12. The van der Waals surface area contributed by atoms with Gasteiger partial charge in [-0.05, 0) is 24.1 Å². The van der Waals surface area contributed by atoms with E-state index in [1.807, 2.05) is 6.92 Å². The monoisotopic (exact) mass is 737 g/mol. The van der Waals surface area contributed by atoms with Crippen LogP contribution in [0.15, 0.2) is 18.2 Å². The number of hydrogen-bond donors (Lipinski definition) is 1. The van der Waals surface area contributed by atoms with Crippen LogP contribution in [-0.4, -0.2) is 122 Å². The van der Waals surface area contributed by atoms with E-state index >= 15 is 0 Å². The maximum Gasteiger partial charge on any atom is 0.306 e. The predicted molar refractivity (Wildman–Crippen MR) is 168 cm³/mol. The van der Waals surface area contributed by atoms with Gasteiger partial charge in [-0.1, -0.05) is 13.0 Å². The van der Waals surface area contributed by atoms with Gasteiger partial charge in [0.05, 0.1) is 38.6 Å². The number of benzene rings is 1. The first-order chi connectivity index (χ1) is 23.6. The van der Waals surface area contributed by atoms with Gasteiger partial charge in [0.25, 0.3) is 5.91 Å². The van der Waals surface area contributed by atoms with Crippen molar-refractivity contribution in [3.8, 4) is 5.75 Å². The quantitative estimate of drug-likeness (QED) is 0.0810. The van der Waals surface area contributed by atoms with Gasteiger partial charge in [0.1, 0.15) is 24.2 Å². The zero-order valence-corrected chi connectivity index (χ0v) is 29.3. The molecule has 1 N–H and O–H groups in total. The van der Waals surface area contributed by atoms with E-state index in [0.29, 0.717) is 19.8 Å². The first-order valence-corrected chi connectivity index (χ1v) is 17.2. The Morgan fingerprint density at radius 1 is 0.780 bits per heavy atom. The molecule has 1 saturated heterocycles. The fraction of sp³-hybridized carbons (Fsp3) is 0.645. The van der Waals surface area contributed by atoms with Crippen molar-refractivity contribution in [1.82, 2.24) is 5.32 Å². The van der Waals surface area contributed by atoms with Crippen molar-refractivity contribution in [3.63, 3.8) is 0 Å². The van der Waals surface area contributed by atoms with Crippen LogP contribution >= 0.6 is 0 Å². The number of carbonyl (C=O) groups is 5. The molecule has 0 aliphatic carbocycles. The molecule has 0 saturated carbocycles. The molecular weight excluding hydrogens is 693 g/mol. The Morgan fingerprint density at radius 2 is 1.34 bits per heavy atom. The molecule has 50 heavy (non-hydrogen) atoms. The fourth-order valence-electron chi connectivity index (χ4n) is 4.57. The van der Waals surface area contributed by atoms with E-state index in [-0.39, 0.29) is 43.2 Å². The van der Waals surface area contributed by atoms with Crippen LogP contribution in [0.5, 0.6) is 5.75 Å². The Balaban J connectivity index is 2.34. The average Bonchev–Trinajstić information content (AvgIpc) is 3.01. The molecule has 1 aromatic carbocycles. The van der Waals surface area contributed by atoms with E-state index in [1.54, 1.807) is 0 Å². The zero-order valence-electron chi connectivity index (χ0n) is 28.5. The number of rotatable bonds is 21. The molecule has 1 amide bonds. The molecule has 17 nitrogen and oxygen atoms in total. The molecule has 0 bridgehead atoms. The number of esters is 4. The summed E-state index contributed by atoms with van der Waals surface area (Å²) in [5, 5.41) is 2.58. The Bertz CT molecular complexity index is 1410. The summed E-state index contributed by atoms with van der Waals surface area (Å²) in [7, 11) is -5.00. The standard InChI is InChI=1S/C31H44FNO16S/c1-6-10-41-12-14-43-15-13-42-11-9-33-30(38)24-16-23(18-50(32,39)40)7-8-25(24)48-31-29(47-22(5)37)28(46-21(4)36)27(45-20(3)35)26(49-31)17-44-19(2)34/h7-8,16,26-29,31H,6,9-15,17-18H2,1-5H3,(H,33,38)/t26-,27+,28+,29-,31-/m1/s1. The molecule has 1 fully saturated rings. The zero-order chi connectivity index (χ0) is 37.3. The Kier molecular flexibility index (Phi) is 18.0. The van der Waals surface area contributed by atoms with E-state index in [1.165, 1.54) is 6.07 Å². The first-order valence-electron chi connectivity index (χ1n) is 15.6. The van der Waals surface area contributed by atoms with Crippen LogP contribution < -0.4 is 10.1 Å². The van der Waals surface area contributed by atoms with Gasteiger partial charge in [0.2, 0.25) is 12.4 Å². The summed E-state index contributed by atoms with van der Waals surface area (Å²) in [6, 6.07) is 3.40. The van der Waals surface area contributed by atoms with Crippen molar-refractivity contribution in [1.29, 1.82) is 0 Å². The molecule has 1 aliphatic heterocycles. The van der Waals surface area contributed by atoms with E-state index in [2.05, 4.69) is 5.32 Å². The summed E-state index contributed by atoms with van der Waals surface area (Å²) in [4.78, 5) is 61.2. The van der Waals surface area contributed by atoms with Gasteiger partial charge in [0, 0.05) is 40.8 Å². The van der Waals surface area contributed by atoms with Gasteiger partial charge in [0.15, 0.2) is 12.2 Å². The average molecular weight is 738 g/mol. The van der Waals surface area contributed by atoms with Gasteiger partial charge < -0.3 is 47.9 Å². The molecule has 0 radical (unpaired) electrons. The van der Waals surface area contributed by atoms with Gasteiger partial charge in [-0.15, -0.1) is 3.89 Å². The molecule has 5 atom stereocenters. The highest BCUT2D eigenvalue weighted by atomic mass is 32.3. The van der Waals surface area contributed by atoms with Crippen molar-refractivity contribution in [2.24, 2.45) is 0 Å². The number of carbonyl (C=O) groups excluding carboxylic acids is 5. The van der Waals surface area contributed by atoms with Crippen LogP contribution in [0, 0.1) is 0 Å². The van der Waals surface area contributed by atoms with E-state index in [0.717, 1.165) is 46.2 Å². The van der Waals surface area contributed by atoms with Crippen LogP contribution in [0.4, 0.5) is 3.89 Å². The topological polar surface area (TPSA) is 215 Å². The summed E-state index contributed by atoms with van der Waals surface area (Å²) in [5.74, 6) is -5.44. The van der Waals surface area contributed by atoms with Crippen LogP contribution in [0.3, 0.4) is 0 Å². The van der Waals surface area contributed by atoms with Crippen LogP contribution in [-0.2, 0) is 73.0 Å². The summed E-state index contributed by atoms with van der Waals surface area (Å²) in [6.45, 7) is 7.77. The lowest BCUT2D eigenvalue weighted by Crippen LogP contribution is -2.63. The summed E-state index contributed by atoms with van der Waals surface area (Å²) in [5.41, 5.74) is -0.391. The Hall–Kier alpha value is -3.91. The van der Waals surface area contributed by atoms with Crippen molar-refractivity contribution in [3.05, 3.63) is 29.3 Å². The highest BCUT2D eigenvalue weighted by Gasteiger charge is 2.53. The van der Waals surface area contributed by atoms with Crippen LogP contribution in [0.2, 0.25) is 0 Å². The maximum atomic E-state index is 13.6.